The van der Waals surface area contributed by atoms with Gasteiger partial charge in [0.15, 0.2) is 0 Å². The molecule has 0 aliphatic carbocycles. The molecule has 0 saturated carbocycles. The quantitative estimate of drug-likeness (QED) is 0.543. The molecule has 0 aliphatic rings. The molecule has 0 aromatic heterocycles. The van der Waals surface area contributed by atoms with Gasteiger partial charge in [0.2, 0.25) is 0 Å². The first kappa shape index (κ1) is 9.58. The Balaban J connectivity index is 3.06. The summed E-state index contributed by atoms with van der Waals surface area (Å²) in [5.74, 6) is 0. The number of hydrogen-bond acceptors (Lipinski definition) is 0. The second kappa shape index (κ2) is 3.48. The van der Waals surface area contributed by atoms with Crippen LogP contribution in [0.2, 0.25) is 0 Å². The van der Waals surface area contributed by atoms with Crippen LogP contribution < -0.4 is 5.19 Å². The highest BCUT2D eigenvalue weighted by molar-refractivity contribution is 9.29. The van der Waals surface area contributed by atoms with Crippen LogP contribution in [0.25, 0.3) is 0 Å². The molecule has 0 heterocycles. The Morgan fingerprint density at radius 1 is 1.36 bits per heavy atom. The molecule has 0 unspecified atom stereocenters. The van der Waals surface area contributed by atoms with Gasteiger partial charge in [-0.3, -0.25) is 0 Å². The summed E-state index contributed by atoms with van der Waals surface area (Å²) in [5.41, 5.74) is 1.18. The van der Waals surface area contributed by atoms with Crippen LogP contribution in [-0.4, -0.2) is 5.31 Å². The molecule has 4 heteroatoms. The van der Waals surface area contributed by atoms with E-state index in [1.165, 1.54) is 5.56 Å². The van der Waals surface area contributed by atoms with Crippen LogP contribution in [0.15, 0.2) is 24.3 Å². The molecule has 0 aliphatic heterocycles. The van der Waals surface area contributed by atoms with Crippen molar-refractivity contribution in [3.05, 3.63) is 29.8 Å². The summed E-state index contributed by atoms with van der Waals surface area (Å²) in [6.07, 6.45) is 0. The summed E-state index contributed by atoms with van der Waals surface area (Å²) in [4.78, 5) is 0. The summed E-state index contributed by atoms with van der Waals surface area (Å²) in [6, 6.07) is 7.91. The van der Waals surface area contributed by atoms with Gasteiger partial charge in [-0.25, -0.2) is 0 Å². The number of aryl methyl sites for hydroxylation is 1. The molecule has 0 saturated heterocycles. The lowest BCUT2D eigenvalue weighted by Gasteiger charge is -2.08. The van der Waals surface area contributed by atoms with Crippen molar-refractivity contribution >= 4 is 47.9 Å². The van der Waals surface area contributed by atoms with Gasteiger partial charge in [0.1, 0.15) is 0 Å². The summed E-state index contributed by atoms with van der Waals surface area (Å²) < 4.78 is 0. The Kier molecular flexibility index (Phi) is 3.03. The van der Waals surface area contributed by atoms with Crippen LogP contribution in [0, 0.1) is 6.92 Å². The van der Waals surface area contributed by atoms with Crippen LogP contribution in [-0.2, 0) is 0 Å². The molecule has 0 fully saturated rings. The van der Waals surface area contributed by atoms with Gasteiger partial charge in [-0.2, -0.15) is 0 Å². The van der Waals surface area contributed by atoms with Crippen LogP contribution >= 0.6 is 37.5 Å². The predicted octanol–water partition coefficient (Wildman–Crippen LogP) is 3.01. The molecular weight excluding hydrogens is 263 g/mol. The van der Waals surface area contributed by atoms with Gasteiger partial charge in [-0.05, 0) is 12.1 Å². The maximum absolute atomic E-state index is 5.95. The largest absolute Gasteiger partial charge is 0.347 e. The van der Waals surface area contributed by atoms with E-state index in [4.69, 9.17) is 22.2 Å². The van der Waals surface area contributed by atoms with E-state index in [9.17, 15) is 0 Å². The fraction of sp³-hybridized carbons (Fsp3) is 0.143. The van der Waals surface area contributed by atoms with Crippen molar-refractivity contribution in [2.45, 2.75) is 6.92 Å². The third-order valence-corrected chi connectivity index (χ3v) is 4.99. The molecule has 0 bridgehead atoms. The molecule has 0 atom stereocenters. The number of halogens is 3. The molecule has 60 valence electrons. The van der Waals surface area contributed by atoms with Crippen LogP contribution in [0.4, 0.5) is 0 Å². The van der Waals surface area contributed by atoms with E-state index in [1.54, 1.807) is 0 Å². The van der Waals surface area contributed by atoms with Gasteiger partial charge in [0, 0.05) is 0 Å². The minimum Gasteiger partial charge on any atom is -0.126 e. The topological polar surface area (TPSA) is 0 Å². The van der Waals surface area contributed by atoms with E-state index in [0.29, 0.717) is 0 Å². The Labute approximate surface area is 84.5 Å². The lowest BCUT2D eigenvalue weighted by Crippen LogP contribution is -2.29. The van der Waals surface area contributed by atoms with E-state index >= 15 is 0 Å². The summed E-state index contributed by atoms with van der Waals surface area (Å²) in [7, 11) is 0. The molecule has 0 amide bonds. The van der Waals surface area contributed by atoms with Crippen molar-refractivity contribution in [1.29, 1.82) is 0 Å². The van der Waals surface area contributed by atoms with Gasteiger partial charge in [-0.15, -0.1) is 22.2 Å². The highest BCUT2D eigenvalue weighted by atomic mass is 79.9. The molecule has 0 N–H and O–H groups in total. The molecular formula is C7H7BrCl2Si. The summed E-state index contributed by atoms with van der Waals surface area (Å²) in [5, 5.41) is -1.31. The zero-order valence-corrected chi connectivity index (χ0v) is 10.0. The normalized spacial score (nSPS) is 11.6. The maximum atomic E-state index is 5.95. The van der Waals surface area contributed by atoms with Crippen LogP contribution in [0.5, 0.6) is 0 Å². The predicted molar refractivity (Wildman–Crippen MR) is 57.2 cm³/mol. The van der Waals surface area contributed by atoms with Crippen molar-refractivity contribution in [3.63, 3.8) is 0 Å². The van der Waals surface area contributed by atoms with E-state index in [1.807, 2.05) is 31.2 Å². The van der Waals surface area contributed by atoms with E-state index in [0.717, 1.165) is 5.19 Å². The monoisotopic (exact) mass is 268 g/mol. The molecule has 11 heavy (non-hydrogen) atoms. The molecule has 0 spiro atoms. The molecule has 0 radical (unpaired) electrons. The lowest BCUT2D eigenvalue weighted by atomic mass is 10.2. The van der Waals surface area contributed by atoms with Crippen molar-refractivity contribution in [3.8, 4) is 0 Å². The fourth-order valence-electron chi connectivity index (χ4n) is 0.821. The number of benzene rings is 1. The fourth-order valence-corrected chi connectivity index (χ4v) is 2.94. The zero-order chi connectivity index (χ0) is 8.48. The van der Waals surface area contributed by atoms with Crippen molar-refractivity contribution in [2.24, 2.45) is 0 Å². The first-order valence-electron chi connectivity index (χ1n) is 3.14. The van der Waals surface area contributed by atoms with Gasteiger partial charge in [0.05, 0.1) is 0 Å². The zero-order valence-electron chi connectivity index (χ0n) is 5.94. The highest BCUT2D eigenvalue weighted by Crippen LogP contribution is 2.21. The van der Waals surface area contributed by atoms with Crippen molar-refractivity contribution in [1.82, 2.24) is 0 Å². The Bertz CT molecular complexity index is 257. The molecule has 1 rings (SSSR count). The average molecular weight is 270 g/mol. The molecule has 1 aromatic rings. The standard InChI is InChI=1S/C7H7BrCl2Si/c1-6-3-2-4-7(5-6)11(8,9)10/h2-5H,1H3. The van der Waals surface area contributed by atoms with Gasteiger partial charge < -0.3 is 0 Å². The Hall–Kier alpha value is 0.497. The number of rotatable bonds is 1. The lowest BCUT2D eigenvalue weighted by molar-refractivity contribution is 1.49. The molecule has 1 aromatic carbocycles. The SMILES string of the molecule is Cc1cccc([Si](Cl)(Cl)Br)c1. The van der Waals surface area contributed by atoms with Crippen LogP contribution in [0.3, 0.4) is 0 Å². The third-order valence-electron chi connectivity index (χ3n) is 1.35. The first-order chi connectivity index (χ1) is 5.00. The third kappa shape index (κ3) is 2.78. The smallest absolute Gasteiger partial charge is 0.126 e. The average Bonchev–Trinajstić information content (AvgIpc) is 1.86. The summed E-state index contributed by atoms with van der Waals surface area (Å²) in [6.45, 7) is 2.02. The first-order valence-corrected chi connectivity index (χ1v) is 9.42. The van der Waals surface area contributed by atoms with Crippen LogP contribution in [0.1, 0.15) is 5.56 Å². The molecule has 0 nitrogen and oxygen atoms in total. The minimum atomic E-state index is -2.31. The Morgan fingerprint density at radius 3 is 2.36 bits per heavy atom. The van der Waals surface area contributed by atoms with E-state index < -0.39 is 5.31 Å². The Morgan fingerprint density at radius 2 is 2.00 bits per heavy atom. The van der Waals surface area contributed by atoms with Crippen molar-refractivity contribution in [2.75, 3.05) is 0 Å². The van der Waals surface area contributed by atoms with E-state index in [2.05, 4.69) is 15.3 Å². The van der Waals surface area contributed by atoms with Gasteiger partial charge in [-0.1, -0.05) is 45.1 Å². The minimum absolute atomic E-state index is 1.00. The van der Waals surface area contributed by atoms with E-state index in [-0.39, 0.29) is 0 Å². The second-order valence-electron chi connectivity index (χ2n) is 2.37. The maximum Gasteiger partial charge on any atom is 0.347 e. The summed E-state index contributed by atoms with van der Waals surface area (Å²) >= 11 is 15.2. The van der Waals surface area contributed by atoms with Gasteiger partial charge >= 0.3 is 5.31 Å². The van der Waals surface area contributed by atoms with Gasteiger partial charge in [0.25, 0.3) is 0 Å². The highest BCUT2D eigenvalue weighted by Gasteiger charge is 2.26. The second-order valence-corrected chi connectivity index (χ2v) is 14.2. The van der Waals surface area contributed by atoms with Crippen molar-refractivity contribution < 1.29 is 0 Å². The number of hydrogen-bond donors (Lipinski definition) is 0.